The van der Waals surface area contributed by atoms with Gasteiger partial charge in [0, 0.05) is 5.69 Å². The van der Waals surface area contributed by atoms with Crippen LogP contribution in [0.2, 0.25) is 0 Å². The first-order chi connectivity index (χ1) is 9.95. The number of benzene rings is 2. The summed E-state index contributed by atoms with van der Waals surface area (Å²) < 4.78 is 27.7. The lowest BCUT2D eigenvalue weighted by Crippen LogP contribution is -2.14. The van der Waals surface area contributed by atoms with Gasteiger partial charge in [-0.15, -0.1) is 0 Å². The maximum atomic E-state index is 12.5. The van der Waals surface area contributed by atoms with Crippen molar-refractivity contribution in [1.82, 2.24) is 0 Å². The second kappa shape index (κ2) is 5.19. The normalized spacial score (nSPS) is 14.0. The first kappa shape index (κ1) is 14.1. The van der Waals surface area contributed by atoms with E-state index in [-0.39, 0.29) is 0 Å². The van der Waals surface area contributed by atoms with Gasteiger partial charge in [-0.25, -0.2) is 8.42 Å². The van der Waals surface area contributed by atoms with Gasteiger partial charge in [0.25, 0.3) is 10.0 Å². The van der Waals surface area contributed by atoms with Crippen molar-refractivity contribution < 1.29 is 8.42 Å². The lowest BCUT2D eigenvalue weighted by molar-refractivity contribution is 0.600. The Hall–Kier alpha value is -1.81. The average molecular weight is 301 g/mol. The molecule has 3 rings (SSSR count). The Morgan fingerprint density at radius 2 is 1.71 bits per heavy atom. The molecular weight excluding hydrogens is 282 g/mol. The van der Waals surface area contributed by atoms with Crippen molar-refractivity contribution in [2.45, 2.75) is 38.0 Å². The SMILES string of the molecule is Cc1ccc(S(=O)(=O)Nc2ccc3c(c2)CCC3)c(C)c1. The smallest absolute Gasteiger partial charge is 0.262 e. The highest BCUT2D eigenvalue weighted by atomic mass is 32.2. The molecular formula is C17H19NO2S. The van der Waals surface area contributed by atoms with Crippen LogP contribution in [0.25, 0.3) is 0 Å². The van der Waals surface area contributed by atoms with Crippen LogP contribution in [0, 0.1) is 13.8 Å². The van der Waals surface area contributed by atoms with E-state index in [0.29, 0.717) is 10.6 Å². The van der Waals surface area contributed by atoms with Crippen molar-refractivity contribution in [3.05, 3.63) is 58.7 Å². The number of fused-ring (bicyclic) bond motifs is 1. The highest BCUT2D eigenvalue weighted by Gasteiger charge is 2.18. The first-order valence-corrected chi connectivity index (χ1v) is 8.66. The second-order valence-electron chi connectivity index (χ2n) is 5.71. The molecule has 0 saturated heterocycles. The van der Waals surface area contributed by atoms with Crippen molar-refractivity contribution in [1.29, 1.82) is 0 Å². The minimum atomic E-state index is -3.53. The lowest BCUT2D eigenvalue weighted by Gasteiger charge is -2.12. The van der Waals surface area contributed by atoms with Gasteiger partial charge in [0.1, 0.15) is 0 Å². The molecule has 2 aromatic rings. The van der Waals surface area contributed by atoms with Crippen molar-refractivity contribution in [2.24, 2.45) is 0 Å². The van der Waals surface area contributed by atoms with E-state index < -0.39 is 10.0 Å². The predicted molar refractivity (Wildman–Crippen MR) is 85.2 cm³/mol. The molecule has 0 fully saturated rings. The number of hydrogen-bond acceptors (Lipinski definition) is 2. The van der Waals surface area contributed by atoms with Gasteiger partial charge < -0.3 is 0 Å². The molecule has 0 aromatic heterocycles. The maximum absolute atomic E-state index is 12.5. The van der Waals surface area contributed by atoms with Gasteiger partial charge in [-0.05, 0) is 68.0 Å². The van der Waals surface area contributed by atoms with Gasteiger partial charge in [-0.2, -0.15) is 0 Å². The lowest BCUT2D eigenvalue weighted by atomic mass is 10.1. The topological polar surface area (TPSA) is 46.2 Å². The molecule has 0 unspecified atom stereocenters. The van der Waals surface area contributed by atoms with Crippen LogP contribution in [-0.2, 0) is 22.9 Å². The predicted octanol–water partition coefficient (Wildman–Crippen LogP) is 3.59. The molecule has 0 heterocycles. The number of sulfonamides is 1. The average Bonchev–Trinajstić information content (AvgIpc) is 2.85. The quantitative estimate of drug-likeness (QED) is 0.941. The minimum Gasteiger partial charge on any atom is -0.280 e. The van der Waals surface area contributed by atoms with Crippen molar-refractivity contribution in [3.63, 3.8) is 0 Å². The van der Waals surface area contributed by atoms with E-state index in [9.17, 15) is 8.42 Å². The van der Waals surface area contributed by atoms with Crippen LogP contribution in [0.1, 0.15) is 28.7 Å². The van der Waals surface area contributed by atoms with Gasteiger partial charge in [0.2, 0.25) is 0 Å². The van der Waals surface area contributed by atoms with E-state index >= 15 is 0 Å². The monoisotopic (exact) mass is 301 g/mol. The molecule has 0 radical (unpaired) electrons. The summed E-state index contributed by atoms with van der Waals surface area (Å²) in [5.41, 5.74) is 5.07. The number of aryl methyl sites for hydroxylation is 4. The fourth-order valence-corrected chi connectivity index (χ4v) is 4.22. The van der Waals surface area contributed by atoms with Crippen LogP contribution in [0.15, 0.2) is 41.3 Å². The van der Waals surface area contributed by atoms with Gasteiger partial charge in [0.05, 0.1) is 4.90 Å². The molecule has 0 aliphatic heterocycles. The summed E-state index contributed by atoms with van der Waals surface area (Å²) >= 11 is 0. The zero-order valence-corrected chi connectivity index (χ0v) is 13.1. The van der Waals surface area contributed by atoms with Crippen LogP contribution in [0.5, 0.6) is 0 Å². The third-order valence-electron chi connectivity index (χ3n) is 3.97. The Kier molecular flexibility index (Phi) is 3.49. The number of rotatable bonds is 3. The van der Waals surface area contributed by atoms with E-state index in [1.54, 1.807) is 6.07 Å². The van der Waals surface area contributed by atoms with Gasteiger partial charge in [0.15, 0.2) is 0 Å². The Morgan fingerprint density at radius 1 is 0.952 bits per heavy atom. The molecule has 21 heavy (non-hydrogen) atoms. The van der Waals surface area contributed by atoms with Gasteiger partial charge >= 0.3 is 0 Å². The minimum absolute atomic E-state index is 0.341. The summed E-state index contributed by atoms with van der Waals surface area (Å²) in [7, 11) is -3.53. The summed E-state index contributed by atoms with van der Waals surface area (Å²) in [5, 5.41) is 0. The van der Waals surface area contributed by atoms with Crippen LogP contribution < -0.4 is 4.72 Å². The molecule has 3 nitrogen and oxygen atoms in total. The highest BCUT2D eigenvalue weighted by Crippen LogP contribution is 2.27. The molecule has 1 aliphatic rings. The molecule has 0 amide bonds. The summed E-state index contributed by atoms with van der Waals surface area (Å²) in [5.74, 6) is 0. The standard InChI is InChI=1S/C17H19NO2S/c1-12-6-9-17(13(2)10-12)21(19,20)18-16-8-7-14-4-3-5-15(14)11-16/h6-11,18H,3-5H2,1-2H3. The molecule has 4 heteroatoms. The van der Waals surface area contributed by atoms with E-state index in [1.807, 2.05) is 44.2 Å². The largest absolute Gasteiger partial charge is 0.280 e. The fraction of sp³-hybridized carbons (Fsp3) is 0.294. The fourth-order valence-electron chi connectivity index (χ4n) is 2.95. The summed E-state index contributed by atoms with van der Waals surface area (Å²) in [6, 6.07) is 11.2. The Labute approximate surface area is 126 Å². The molecule has 110 valence electrons. The molecule has 2 aromatic carbocycles. The third kappa shape index (κ3) is 2.81. The molecule has 0 bridgehead atoms. The third-order valence-corrected chi connectivity index (χ3v) is 5.51. The molecule has 0 atom stereocenters. The van der Waals surface area contributed by atoms with Crippen LogP contribution in [-0.4, -0.2) is 8.42 Å². The van der Waals surface area contributed by atoms with Gasteiger partial charge in [-0.1, -0.05) is 23.8 Å². The zero-order chi connectivity index (χ0) is 15.0. The Balaban J connectivity index is 1.92. The van der Waals surface area contributed by atoms with Crippen molar-refractivity contribution in [3.8, 4) is 0 Å². The highest BCUT2D eigenvalue weighted by molar-refractivity contribution is 7.92. The van der Waals surface area contributed by atoms with Crippen molar-refractivity contribution >= 4 is 15.7 Å². The molecule has 0 spiro atoms. The molecule has 1 N–H and O–H groups in total. The van der Waals surface area contributed by atoms with Crippen molar-refractivity contribution in [2.75, 3.05) is 4.72 Å². The molecule has 1 aliphatic carbocycles. The van der Waals surface area contributed by atoms with E-state index in [0.717, 1.165) is 30.4 Å². The van der Waals surface area contributed by atoms with Crippen LogP contribution in [0.3, 0.4) is 0 Å². The van der Waals surface area contributed by atoms with Crippen LogP contribution in [0.4, 0.5) is 5.69 Å². The second-order valence-corrected chi connectivity index (χ2v) is 7.36. The zero-order valence-electron chi connectivity index (χ0n) is 12.3. The maximum Gasteiger partial charge on any atom is 0.262 e. The van der Waals surface area contributed by atoms with E-state index in [1.165, 1.54) is 11.1 Å². The first-order valence-electron chi connectivity index (χ1n) is 7.17. The Morgan fingerprint density at radius 3 is 2.48 bits per heavy atom. The summed E-state index contributed by atoms with van der Waals surface area (Å²) in [4.78, 5) is 0.341. The van der Waals surface area contributed by atoms with Crippen LogP contribution >= 0.6 is 0 Å². The molecule has 0 saturated carbocycles. The Bertz CT molecular complexity index is 794. The van der Waals surface area contributed by atoms with E-state index in [4.69, 9.17) is 0 Å². The number of anilines is 1. The summed E-state index contributed by atoms with van der Waals surface area (Å²) in [6.45, 7) is 3.78. The number of hydrogen-bond donors (Lipinski definition) is 1. The van der Waals surface area contributed by atoms with Gasteiger partial charge in [-0.3, -0.25) is 4.72 Å². The summed E-state index contributed by atoms with van der Waals surface area (Å²) in [6.07, 6.45) is 3.29. The van der Waals surface area contributed by atoms with E-state index in [2.05, 4.69) is 4.72 Å². The number of nitrogens with one attached hydrogen (secondary N) is 1.